The molecule has 0 aromatic heterocycles. The number of rotatable bonds is 5. The Morgan fingerprint density at radius 2 is 1.75 bits per heavy atom. The van der Waals surface area contributed by atoms with Crippen LogP contribution in [0.25, 0.3) is 0 Å². The van der Waals surface area contributed by atoms with Crippen molar-refractivity contribution in [2.45, 2.75) is 52.0 Å². The summed E-state index contributed by atoms with van der Waals surface area (Å²) < 4.78 is 0. The highest BCUT2D eigenvalue weighted by Crippen LogP contribution is 2.30. The molecular formula is C14H24N2O4. The van der Waals surface area contributed by atoms with Crippen molar-refractivity contribution in [3.63, 3.8) is 0 Å². The van der Waals surface area contributed by atoms with E-state index in [-0.39, 0.29) is 36.2 Å². The van der Waals surface area contributed by atoms with E-state index in [1.807, 2.05) is 20.8 Å². The zero-order chi connectivity index (χ0) is 15.3. The zero-order valence-electron chi connectivity index (χ0n) is 12.4. The number of amides is 2. The van der Waals surface area contributed by atoms with Crippen molar-refractivity contribution in [2.24, 2.45) is 11.8 Å². The van der Waals surface area contributed by atoms with Gasteiger partial charge in [0, 0.05) is 24.4 Å². The first-order valence-electron chi connectivity index (χ1n) is 7.00. The first-order chi connectivity index (χ1) is 9.19. The molecule has 0 aromatic rings. The van der Waals surface area contributed by atoms with Crippen molar-refractivity contribution in [1.82, 2.24) is 10.6 Å². The Bertz CT molecular complexity index is 387. The molecule has 0 aromatic carbocycles. The monoisotopic (exact) mass is 284 g/mol. The molecule has 0 radical (unpaired) electrons. The third kappa shape index (κ3) is 5.59. The quantitative estimate of drug-likeness (QED) is 0.699. The minimum Gasteiger partial charge on any atom is -0.481 e. The SMILES string of the molecule is CC(C)(C)NC(=O)CCNC(=O)C1CCC(C(=O)O)C1. The first-order valence-corrected chi connectivity index (χ1v) is 7.00. The van der Waals surface area contributed by atoms with Gasteiger partial charge in [0.2, 0.25) is 11.8 Å². The first kappa shape index (κ1) is 16.5. The minimum absolute atomic E-state index is 0.104. The molecule has 0 saturated heterocycles. The van der Waals surface area contributed by atoms with Gasteiger partial charge in [-0.05, 0) is 40.0 Å². The molecular weight excluding hydrogens is 260 g/mol. The molecule has 1 aliphatic carbocycles. The Morgan fingerprint density at radius 1 is 1.15 bits per heavy atom. The lowest BCUT2D eigenvalue weighted by atomic mass is 10.0. The van der Waals surface area contributed by atoms with Crippen LogP contribution in [0.15, 0.2) is 0 Å². The number of carboxylic acid groups (broad SMARTS) is 1. The predicted octanol–water partition coefficient (Wildman–Crippen LogP) is 0.908. The number of aliphatic carboxylic acids is 1. The normalized spacial score (nSPS) is 22.4. The van der Waals surface area contributed by atoms with Crippen LogP contribution < -0.4 is 10.6 Å². The van der Waals surface area contributed by atoms with Crippen LogP contribution >= 0.6 is 0 Å². The molecule has 3 N–H and O–H groups in total. The van der Waals surface area contributed by atoms with E-state index in [0.717, 1.165) is 0 Å². The summed E-state index contributed by atoms with van der Waals surface area (Å²) in [6.07, 6.45) is 1.79. The molecule has 1 fully saturated rings. The second-order valence-corrected chi connectivity index (χ2v) is 6.38. The van der Waals surface area contributed by atoms with E-state index in [0.29, 0.717) is 19.3 Å². The summed E-state index contributed by atoms with van der Waals surface area (Å²) in [5, 5.41) is 14.4. The van der Waals surface area contributed by atoms with Crippen LogP contribution in [-0.4, -0.2) is 35.0 Å². The van der Waals surface area contributed by atoms with Crippen LogP contribution in [0.2, 0.25) is 0 Å². The van der Waals surface area contributed by atoms with E-state index in [1.165, 1.54) is 0 Å². The molecule has 1 aliphatic rings. The summed E-state index contributed by atoms with van der Waals surface area (Å²) >= 11 is 0. The summed E-state index contributed by atoms with van der Waals surface area (Å²) in [5.74, 6) is -1.72. The van der Waals surface area contributed by atoms with Crippen molar-refractivity contribution >= 4 is 17.8 Å². The van der Waals surface area contributed by atoms with Gasteiger partial charge in [0.15, 0.2) is 0 Å². The lowest BCUT2D eigenvalue weighted by Gasteiger charge is -2.20. The molecule has 2 amide bonds. The van der Waals surface area contributed by atoms with Crippen LogP contribution in [0.3, 0.4) is 0 Å². The fourth-order valence-corrected chi connectivity index (χ4v) is 2.37. The summed E-state index contributed by atoms with van der Waals surface area (Å²) in [6.45, 7) is 5.98. The van der Waals surface area contributed by atoms with Gasteiger partial charge in [0.25, 0.3) is 0 Å². The Morgan fingerprint density at radius 3 is 2.25 bits per heavy atom. The standard InChI is InChI=1S/C14H24N2O4/c1-14(2,3)16-11(17)6-7-15-12(18)9-4-5-10(8-9)13(19)20/h9-10H,4-8H2,1-3H3,(H,15,18)(H,16,17)(H,19,20). The second kappa shape index (κ2) is 6.72. The molecule has 0 aliphatic heterocycles. The van der Waals surface area contributed by atoms with Crippen molar-refractivity contribution in [3.05, 3.63) is 0 Å². The number of nitrogens with one attached hydrogen (secondary N) is 2. The fraction of sp³-hybridized carbons (Fsp3) is 0.786. The molecule has 0 spiro atoms. The average molecular weight is 284 g/mol. The smallest absolute Gasteiger partial charge is 0.306 e. The van der Waals surface area contributed by atoms with E-state index in [4.69, 9.17) is 5.11 Å². The second-order valence-electron chi connectivity index (χ2n) is 6.38. The minimum atomic E-state index is -0.829. The van der Waals surface area contributed by atoms with Crippen molar-refractivity contribution in [2.75, 3.05) is 6.54 Å². The van der Waals surface area contributed by atoms with Crippen LogP contribution in [0.5, 0.6) is 0 Å². The molecule has 2 unspecified atom stereocenters. The fourth-order valence-electron chi connectivity index (χ4n) is 2.37. The molecule has 1 saturated carbocycles. The molecule has 1 rings (SSSR count). The maximum atomic E-state index is 11.8. The summed E-state index contributed by atoms with van der Waals surface area (Å²) in [4.78, 5) is 34.2. The third-order valence-electron chi connectivity index (χ3n) is 3.32. The predicted molar refractivity (Wildman–Crippen MR) is 74.0 cm³/mol. The van der Waals surface area contributed by atoms with E-state index < -0.39 is 11.9 Å². The van der Waals surface area contributed by atoms with E-state index in [2.05, 4.69) is 10.6 Å². The Hall–Kier alpha value is -1.59. The van der Waals surface area contributed by atoms with Crippen LogP contribution in [0.1, 0.15) is 46.5 Å². The summed E-state index contributed by atoms with van der Waals surface area (Å²) in [5.41, 5.74) is -0.277. The zero-order valence-corrected chi connectivity index (χ0v) is 12.4. The highest BCUT2D eigenvalue weighted by atomic mass is 16.4. The molecule has 0 bridgehead atoms. The maximum absolute atomic E-state index is 11.8. The number of carboxylic acids is 1. The average Bonchev–Trinajstić information content (AvgIpc) is 2.75. The van der Waals surface area contributed by atoms with Gasteiger partial charge in [-0.3, -0.25) is 14.4 Å². The lowest BCUT2D eigenvalue weighted by molar-refractivity contribution is -0.141. The van der Waals surface area contributed by atoms with Crippen LogP contribution in [-0.2, 0) is 14.4 Å². The molecule has 6 nitrogen and oxygen atoms in total. The number of carbonyl (C=O) groups excluding carboxylic acids is 2. The van der Waals surface area contributed by atoms with Gasteiger partial charge >= 0.3 is 5.97 Å². The van der Waals surface area contributed by atoms with Gasteiger partial charge < -0.3 is 15.7 Å². The topological polar surface area (TPSA) is 95.5 Å². The largest absolute Gasteiger partial charge is 0.481 e. The van der Waals surface area contributed by atoms with Gasteiger partial charge in [0.1, 0.15) is 0 Å². The number of carbonyl (C=O) groups is 3. The molecule has 20 heavy (non-hydrogen) atoms. The maximum Gasteiger partial charge on any atom is 0.306 e. The highest BCUT2D eigenvalue weighted by molar-refractivity contribution is 5.82. The number of hydrogen-bond donors (Lipinski definition) is 3. The van der Waals surface area contributed by atoms with Crippen LogP contribution in [0.4, 0.5) is 0 Å². The van der Waals surface area contributed by atoms with Crippen molar-refractivity contribution in [3.8, 4) is 0 Å². The van der Waals surface area contributed by atoms with Gasteiger partial charge in [-0.25, -0.2) is 0 Å². The molecule has 6 heteroatoms. The van der Waals surface area contributed by atoms with Gasteiger partial charge in [-0.1, -0.05) is 0 Å². The Labute approximate surface area is 119 Å². The Balaban J connectivity index is 2.24. The lowest BCUT2D eigenvalue weighted by Crippen LogP contribution is -2.42. The highest BCUT2D eigenvalue weighted by Gasteiger charge is 2.33. The van der Waals surface area contributed by atoms with E-state index in [1.54, 1.807) is 0 Å². The van der Waals surface area contributed by atoms with Gasteiger partial charge in [0.05, 0.1) is 5.92 Å². The summed E-state index contributed by atoms with van der Waals surface area (Å²) in [7, 11) is 0. The van der Waals surface area contributed by atoms with Crippen LogP contribution in [0, 0.1) is 11.8 Å². The van der Waals surface area contributed by atoms with E-state index in [9.17, 15) is 14.4 Å². The van der Waals surface area contributed by atoms with E-state index >= 15 is 0 Å². The molecule has 114 valence electrons. The Kier molecular flexibility index (Phi) is 5.53. The molecule has 2 atom stereocenters. The van der Waals surface area contributed by atoms with Gasteiger partial charge in [-0.15, -0.1) is 0 Å². The number of hydrogen-bond acceptors (Lipinski definition) is 3. The third-order valence-corrected chi connectivity index (χ3v) is 3.32. The van der Waals surface area contributed by atoms with Crippen molar-refractivity contribution in [1.29, 1.82) is 0 Å². The van der Waals surface area contributed by atoms with Crippen molar-refractivity contribution < 1.29 is 19.5 Å². The summed E-state index contributed by atoms with van der Waals surface area (Å²) in [6, 6.07) is 0. The molecule has 0 heterocycles. The van der Waals surface area contributed by atoms with Gasteiger partial charge in [-0.2, -0.15) is 0 Å².